The van der Waals surface area contributed by atoms with Crippen molar-refractivity contribution in [2.75, 3.05) is 0 Å². The fourth-order valence-corrected chi connectivity index (χ4v) is 2.51. The molecule has 76 valence electrons. The van der Waals surface area contributed by atoms with Crippen LogP contribution in [0.5, 0.6) is 0 Å². The van der Waals surface area contributed by atoms with Gasteiger partial charge in [0.15, 0.2) is 0 Å². The molecule has 14 heavy (non-hydrogen) atoms. The number of hydrogen-bond donors (Lipinski definition) is 1. The molecular formula is C9H11ClN2OS. The van der Waals surface area contributed by atoms with E-state index in [1.54, 1.807) is 11.7 Å². The molecule has 0 aromatic carbocycles. The second-order valence-corrected chi connectivity index (χ2v) is 4.84. The number of hydrogen-bond acceptors (Lipinski definition) is 3. The monoisotopic (exact) mass is 230 g/mol. The number of nitrogens with one attached hydrogen (secondary N) is 1. The predicted molar refractivity (Wildman–Crippen MR) is 56.9 cm³/mol. The molecule has 1 aliphatic rings. The van der Waals surface area contributed by atoms with E-state index < -0.39 is 0 Å². The standard InChI is InChI=1S/C9H11ClN2OS/c10-6-2-1-3-7(6)12-9(13)8-4-11-5-14-8/h4-7H,1-3H2,(H,12,13). The molecule has 2 atom stereocenters. The molecule has 5 heteroatoms. The van der Waals surface area contributed by atoms with Crippen molar-refractivity contribution >= 4 is 28.8 Å². The van der Waals surface area contributed by atoms with Gasteiger partial charge in [0, 0.05) is 6.04 Å². The van der Waals surface area contributed by atoms with Crippen LogP contribution in [0, 0.1) is 0 Å². The van der Waals surface area contributed by atoms with Crippen LogP contribution in [0.2, 0.25) is 0 Å². The van der Waals surface area contributed by atoms with Crippen molar-refractivity contribution in [1.82, 2.24) is 10.3 Å². The molecule has 1 heterocycles. The van der Waals surface area contributed by atoms with E-state index in [4.69, 9.17) is 11.6 Å². The van der Waals surface area contributed by atoms with Gasteiger partial charge < -0.3 is 5.32 Å². The van der Waals surface area contributed by atoms with Crippen LogP contribution in [0.25, 0.3) is 0 Å². The summed E-state index contributed by atoms with van der Waals surface area (Å²) in [6.45, 7) is 0. The van der Waals surface area contributed by atoms with E-state index in [0.717, 1.165) is 19.3 Å². The SMILES string of the molecule is O=C(NC1CCCC1Cl)c1cncs1. The van der Waals surface area contributed by atoms with Crippen LogP contribution in [-0.4, -0.2) is 22.3 Å². The Morgan fingerprint density at radius 2 is 2.50 bits per heavy atom. The summed E-state index contributed by atoms with van der Waals surface area (Å²) in [6, 6.07) is 0.131. The van der Waals surface area contributed by atoms with Crippen molar-refractivity contribution in [1.29, 1.82) is 0 Å². The Morgan fingerprint density at radius 3 is 3.07 bits per heavy atom. The lowest BCUT2D eigenvalue weighted by molar-refractivity contribution is 0.0942. The van der Waals surface area contributed by atoms with Crippen molar-refractivity contribution in [3.63, 3.8) is 0 Å². The lowest BCUT2D eigenvalue weighted by atomic mass is 10.2. The van der Waals surface area contributed by atoms with Gasteiger partial charge in [0.2, 0.25) is 0 Å². The molecule has 2 unspecified atom stereocenters. The molecule has 3 nitrogen and oxygen atoms in total. The molecule has 2 rings (SSSR count). The average Bonchev–Trinajstić information content (AvgIpc) is 2.77. The average molecular weight is 231 g/mol. The molecule has 1 aliphatic carbocycles. The summed E-state index contributed by atoms with van der Waals surface area (Å²) in [5.74, 6) is -0.0509. The number of aromatic nitrogens is 1. The zero-order valence-electron chi connectivity index (χ0n) is 7.57. The number of carbonyl (C=O) groups is 1. The lowest BCUT2D eigenvalue weighted by Crippen LogP contribution is -2.37. The predicted octanol–water partition coefficient (Wildman–Crippen LogP) is 2.03. The number of rotatable bonds is 2. The molecule has 1 aromatic heterocycles. The van der Waals surface area contributed by atoms with Gasteiger partial charge in [-0.3, -0.25) is 9.78 Å². The zero-order chi connectivity index (χ0) is 9.97. The van der Waals surface area contributed by atoms with Crippen molar-refractivity contribution < 1.29 is 4.79 Å². The minimum absolute atomic E-state index is 0.0509. The van der Waals surface area contributed by atoms with E-state index in [0.29, 0.717) is 4.88 Å². The van der Waals surface area contributed by atoms with Crippen LogP contribution in [0.1, 0.15) is 28.9 Å². The Balaban J connectivity index is 1.95. The second-order valence-electron chi connectivity index (χ2n) is 3.39. The zero-order valence-corrected chi connectivity index (χ0v) is 9.14. The fourth-order valence-electron chi connectivity index (χ4n) is 1.64. The number of halogens is 1. The van der Waals surface area contributed by atoms with Crippen molar-refractivity contribution in [3.05, 3.63) is 16.6 Å². The quantitative estimate of drug-likeness (QED) is 0.790. The van der Waals surface area contributed by atoms with E-state index in [1.165, 1.54) is 11.3 Å². The van der Waals surface area contributed by atoms with Crippen LogP contribution < -0.4 is 5.32 Å². The molecule has 0 radical (unpaired) electrons. The maximum absolute atomic E-state index is 11.6. The van der Waals surface area contributed by atoms with Gasteiger partial charge in [0.25, 0.3) is 5.91 Å². The van der Waals surface area contributed by atoms with Gasteiger partial charge >= 0.3 is 0 Å². The molecule has 0 aliphatic heterocycles. The number of amides is 1. The largest absolute Gasteiger partial charge is 0.347 e. The Morgan fingerprint density at radius 1 is 1.64 bits per heavy atom. The number of alkyl halides is 1. The first-order valence-corrected chi connectivity index (χ1v) is 5.92. The summed E-state index contributed by atoms with van der Waals surface area (Å²) in [4.78, 5) is 16.1. The van der Waals surface area contributed by atoms with Crippen molar-refractivity contribution in [3.8, 4) is 0 Å². The summed E-state index contributed by atoms with van der Waals surface area (Å²) in [5, 5.41) is 3.02. The first-order chi connectivity index (χ1) is 6.77. The van der Waals surface area contributed by atoms with E-state index in [1.807, 2.05) is 0 Å². The number of thiazole rings is 1. The third-order valence-electron chi connectivity index (χ3n) is 2.40. The minimum Gasteiger partial charge on any atom is -0.347 e. The molecule has 1 aromatic rings. The van der Waals surface area contributed by atoms with Crippen LogP contribution in [-0.2, 0) is 0 Å². The van der Waals surface area contributed by atoms with Gasteiger partial charge in [-0.1, -0.05) is 0 Å². The van der Waals surface area contributed by atoms with Crippen LogP contribution in [0.3, 0.4) is 0 Å². The third-order valence-corrected chi connectivity index (χ3v) is 3.70. The van der Waals surface area contributed by atoms with Gasteiger partial charge in [-0.25, -0.2) is 0 Å². The molecule has 0 spiro atoms. The smallest absolute Gasteiger partial charge is 0.263 e. The van der Waals surface area contributed by atoms with Crippen molar-refractivity contribution in [2.24, 2.45) is 0 Å². The van der Waals surface area contributed by atoms with Gasteiger partial charge in [0.05, 0.1) is 17.1 Å². The van der Waals surface area contributed by atoms with Crippen LogP contribution in [0.15, 0.2) is 11.7 Å². The van der Waals surface area contributed by atoms with Gasteiger partial charge in [0.1, 0.15) is 4.88 Å². The summed E-state index contributed by atoms with van der Waals surface area (Å²) in [7, 11) is 0. The molecule has 1 fully saturated rings. The van der Waals surface area contributed by atoms with Crippen molar-refractivity contribution in [2.45, 2.75) is 30.7 Å². The summed E-state index contributed by atoms with van der Waals surface area (Å²) in [5.41, 5.74) is 1.65. The molecular weight excluding hydrogens is 220 g/mol. The first kappa shape index (κ1) is 9.93. The minimum atomic E-state index is -0.0509. The normalized spacial score (nSPS) is 26.4. The van der Waals surface area contributed by atoms with E-state index in [-0.39, 0.29) is 17.3 Å². The second kappa shape index (κ2) is 4.28. The summed E-state index contributed by atoms with van der Waals surface area (Å²) >= 11 is 7.41. The fraction of sp³-hybridized carbons (Fsp3) is 0.556. The Hall–Kier alpha value is -0.610. The van der Waals surface area contributed by atoms with Crippen LogP contribution >= 0.6 is 22.9 Å². The highest BCUT2D eigenvalue weighted by molar-refractivity contribution is 7.11. The number of carbonyl (C=O) groups excluding carboxylic acids is 1. The number of nitrogens with zero attached hydrogens (tertiary/aromatic N) is 1. The highest BCUT2D eigenvalue weighted by Crippen LogP contribution is 2.24. The highest BCUT2D eigenvalue weighted by Gasteiger charge is 2.27. The van der Waals surface area contributed by atoms with Gasteiger partial charge in [-0.05, 0) is 19.3 Å². The molecule has 1 saturated carbocycles. The summed E-state index contributed by atoms with van der Waals surface area (Å²) < 4.78 is 0. The van der Waals surface area contributed by atoms with E-state index in [2.05, 4.69) is 10.3 Å². The summed E-state index contributed by atoms with van der Waals surface area (Å²) in [6.07, 6.45) is 4.66. The van der Waals surface area contributed by atoms with Gasteiger partial charge in [-0.2, -0.15) is 0 Å². The van der Waals surface area contributed by atoms with Crippen LogP contribution in [0.4, 0.5) is 0 Å². The Kier molecular flexibility index (Phi) is 3.03. The van der Waals surface area contributed by atoms with E-state index >= 15 is 0 Å². The first-order valence-electron chi connectivity index (χ1n) is 4.61. The molecule has 1 amide bonds. The topological polar surface area (TPSA) is 42.0 Å². The maximum Gasteiger partial charge on any atom is 0.263 e. The Bertz CT molecular complexity index is 315. The molecule has 1 N–H and O–H groups in total. The maximum atomic E-state index is 11.6. The Labute approximate surface area is 91.5 Å². The third kappa shape index (κ3) is 2.07. The lowest BCUT2D eigenvalue weighted by Gasteiger charge is -2.14. The molecule has 0 saturated heterocycles. The van der Waals surface area contributed by atoms with E-state index in [9.17, 15) is 4.79 Å². The van der Waals surface area contributed by atoms with Gasteiger partial charge in [-0.15, -0.1) is 22.9 Å². The highest BCUT2D eigenvalue weighted by atomic mass is 35.5. The molecule has 0 bridgehead atoms.